The standard InChI is InChI=1S/C19H19NO2/c1-10(2)19(22)16(8-20)14-7-12(4)18-13(5)17(9-21)11(3)6-15(14)18/h6,21H,1,4,7,9H2,2-3,5H3/b16-14+. The zero-order valence-corrected chi connectivity index (χ0v) is 13.2. The fraction of sp³-hybridized carbons (Fsp3) is 0.263. The summed E-state index contributed by atoms with van der Waals surface area (Å²) in [6.45, 7) is 13.2. The molecule has 1 aromatic rings. The average Bonchev–Trinajstić information content (AvgIpc) is 2.77. The summed E-state index contributed by atoms with van der Waals surface area (Å²) < 4.78 is 0. The Bertz CT molecular complexity index is 789. The van der Waals surface area contributed by atoms with Crippen LogP contribution in [0, 0.1) is 25.2 Å². The predicted octanol–water partition coefficient (Wildman–Crippen LogP) is 3.64. The molecule has 0 saturated carbocycles. The van der Waals surface area contributed by atoms with Crippen molar-refractivity contribution in [3.8, 4) is 6.07 Å². The fourth-order valence-corrected chi connectivity index (χ4v) is 3.05. The van der Waals surface area contributed by atoms with Crippen LogP contribution in [0.15, 0.2) is 30.4 Å². The molecule has 1 N–H and O–H groups in total. The van der Waals surface area contributed by atoms with Gasteiger partial charge >= 0.3 is 0 Å². The van der Waals surface area contributed by atoms with Crippen molar-refractivity contribution in [3.63, 3.8) is 0 Å². The highest BCUT2D eigenvalue weighted by atomic mass is 16.3. The fourth-order valence-electron chi connectivity index (χ4n) is 3.05. The molecule has 0 aromatic heterocycles. The molecule has 0 heterocycles. The third-order valence-electron chi connectivity index (χ3n) is 4.19. The SMILES string of the molecule is C=C(C)C(=O)/C(C#N)=C1\CC(=C)c2c1cc(C)c(CO)c2C. The van der Waals surface area contributed by atoms with Gasteiger partial charge in [0.2, 0.25) is 0 Å². The van der Waals surface area contributed by atoms with Gasteiger partial charge < -0.3 is 5.11 Å². The number of aryl methyl sites for hydroxylation is 1. The van der Waals surface area contributed by atoms with E-state index in [1.54, 1.807) is 6.92 Å². The van der Waals surface area contributed by atoms with E-state index in [2.05, 4.69) is 13.2 Å². The van der Waals surface area contributed by atoms with Crippen molar-refractivity contribution in [1.29, 1.82) is 5.26 Å². The Morgan fingerprint density at radius 3 is 2.59 bits per heavy atom. The van der Waals surface area contributed by atoms with Gasteiger partial charge in [-0.2, -0.15) is 5.26 Å². The van der Waals surface area contributed by atoms with Crippen molar-refractivity contribution in [2.24, 2.45) is 0 Å². The molecule has 0 saturated heterocycles. The molecule has 3 nitrogen and oxygen atoms in total. The summed E-state index contributed by atoms with van der Waals surface area (Å²) in [7, 11) is 0. The lowest BCUT2D eigenvalue weighted by atomic mass is 9.91. The monoisotopic (exact) mass is 293 g/mol. The van der Waals surface area contributed by atoms with E-state index in [1.807, 2.05) is 26.0 Å². The second kappa shape index (κ2) is 5.75. The number of benzene rings is 1. The van der Waals surface area contributed by atoms with Gasteiger partial charge in [0.15, 0.2) is 5.78 Å². The van der Waals surface area contributed by atoms with Crippen molar-refractivity contribution in [2.45, 2.75) is 33.8 Å². The molecule has 0 spiro atoms. The lowest BCUT2D eigenvalue weighted by Crippen LogP contribution is -2.04. The van der Waals surface area contributed by atoms with E-state index in [4.69, 9.17) is 0 Å². The van der Waals surface area contributed by atoms with E-state index in [0.29, 0.717) is 17.6 Å². The summed E-state index contributed by atoms with van der Waals surface area (Å²) in [6.07, 6.45) is 0.479. The van der Waals surface area contributed by atoms with Gasteiger partial charge in [-0.3, -0.25) is 4.79 Å². The zero-order chi connectivity index (χ0) is 16.6. The van der Waals surface area contributed by atoms with Crippen molar-refractivity contribution < 1.29 is 9.90 Å². The number of carbonyl (C=O) groups excluding carboxylic acids is 1. The number of fused-ring (bicyclic) bond motifs is 1. The topological polar surface area (TPSA) is 61.1 Å². The van der Waals surface area contributed by atoms with Gasteiger partial charge in [0.25, 0.3) is 0 Å². The molecular formula is C19H19NO2. The summed E-state index contributed by atoms with van der Waals surface area (Å²) >= 11 is 0. The van der Waals surface area contributed by atoms with Crippen LogP contribution >= 0.6 is 0 Å². The minimum absolute atomic E-state index is 0.0346. The Morgan fingerprint density at radius 2 is 2.09 bits per heavy atom. The number of carbonyl (C=O) groups is 1. The predicted molar refractivity (Wildman–Crippen MR) is 87.8 cm³/mol. The Morgan fingerprint density at radius 1 is 1.45 bits per heavy atom. The third kappa shape index (κ3) is 2.32. The van der Waals surface area contributed by atoms with Crippen molar-refractivity contribution in [3.05, 3.63) is 58.2 Å². The number of hydrogen-bond donors (Lipinski definition) is 1. The molecule has 1 aromatic carbocycles. The first-order valence-electron chi connectivity index (χ1n) is 7.09. The van der Waals surface area contributed by atoms with Crippen LogP contribution < -0.4 is 0 Å². The average molecular weight is 293 g/mol. The molecule has 1 aliphatic rings. The van der Waals surface area contributed by atoms with Gasteiger partial charge in [-0.05, 0) is 71.7 Å². The molecule has 0 atom stereocenters. The van der Waals surface area contributed by atoms with Crippen LogP contribution in [0.1, 0.15) is 41.2 Å². The van der Waals surface area contributed by atoms with Crippen LogP contribution in [0.2, 0.25) is 0 Å². The van der Waals surface area contributed by atoms with Crippen LogP contribution in [-0.4, -0.2) is 10.9 Å². The second-order valence-electron chi connectivity index (χ2n) is 5.73. The minimum Gasteiger partial charge on any atom is -0.392 e. The molecular weight excluding hydrogens is 274 g/mol. The maximum absolute atomic E-state index is 12.2. The number of allylic oxidation sites excluding steroid dienone is 4. The van der Waals surface area contributed by atoms with Crippen LogP contribution in [-0.2, 0) is 11.4 Å². The highest BCUT2D eigenvalue weighted by Crippen LogP contribution is 2.44. The molecule has 22 heavy (non-hydrogen) atoms. The Balaban J connectivity index is 2.81. The zero-order valence-electron chi connectivity index (χ0n) is 13.2. The van der Waals surface area contributed by atoms with Crippen LogP contribution in [0.25, 0.3) is 11.1 Å². The van der Waals surface area contributed by atoms with Crippen molar-refractivity contribution >= 4 is 16.9 Å². The molecule has 2 rings (SSSR count). The highest BCUT2D eigenvalue weighted by Gasteiger charge is 2.28. The van der Waals surface area contributed by atoms with Gasteiger partial charge in [0, 0.05) is 0 Å². The second-order valence-corrected chi connectivity index (χ2v) is 5.73. The number of ketones is 1. The van der Waals surface area contributed by atoms with Gasteiger partial charge in [-0.15, -0.1) is 0 Å². The van der Waals surface area contributed by atoms with E-state index < -0.39 is 0 Å². The smallest absolute Gasteiger partial charge is 0.198 e. The molecule has 0 radical (unpaired) electrons. The van der Waals surface area contributed by atoms with E-state index in [0.717, 1.165) is 33.4 Å². The lowest BCUT2D eigenvalue weighted by molar-refractivity contribution is -0.111. The van der Waals surface area contributed by atoms with Crippen LogP contribution in [0.3, 0.4) is 0 Å². The largest absolute Gasteiger partial charge is 0.392 e. The maximum atomic E-state index is 12.2. The van der Waals surface area contributed by atoms with E-state index in [1.165, 1.54) is 0 Å². The number of Topliss-reactive ketones (excluding diaryl/α,β-unsaturated/α-hetero) is 1. The van der Waals surface area contributed by atoms with Crippen LogP contribution in [0.5, 0.6) is 0 Å². The first kappa shape index (κ1) is 15.9. The number of aliphatic hydroxyl groups excluding tert-OH is 1. The molecule has 1 aliphatic carbocycles. The van der Waals surface area contributed by atoms with Crippen molar-refractivity contribution in [1.82, 2.24) is 0 Å². The molecule has 0 unspecified atom stereocenters. The summed E-state index contributed by atoms with van der Waals surface area (Å²) in [5, 5.41) is 19.0. The summed E-state index contributed by atoms with van der Waals surface area (Å²) in [5.41, 5.74) is 6.71. The highest BCUT2D eigenvalue weighted by molar-refractivity contribution is 6.17. The number of nitrogens with zero attached hydrogens (tertiary/aromatic N) is 1. The van der Waals surface area contributed by atoms with Gasteiger partial charge in [0.1, 0.15) is 11.6 Å². The van der Waals surface area contributed by atoms with Crippen molar-refractivity contribution in [2.75, 3.05) is 0 Å². The molecule has 112 valence electrons. The summed E-state index contributed by atoms with van der Waals surface area (Å²) in [5.74, 6) is -0.320. The number of hydrogen-bond acceptors (Lipinski definition) is 3. The summed E-state index contributed by atoms with van der Waals surface area (Å²) in [6, 6.07) is 3.97. The summed E-state index contributed by atoms with van der Waals surface area (Å²) in [4.78, 5) is 12.2. The number of aliphatic hydroxyl groups is 1. The lowest BCUT2D eigenvalue weighted by Gasteiger charge is -2.13. The number of nitriles is 1. The van der Waals surface area contributed by atoms with E-state index in [-0.39, 0.29) is 18.0 Å². The molecule has 0 fully saturated rings. The quantitative estimate of drug-likeness (QED) is 0.683. The van der Waals surface area contributed by atoms with Crippen LogP contribution in [0.4, 0.5) is 0 Å². The molecule has 0 bridgehead atoms. The maximum Gasteiger partial charge on any atom is 0.198 e. The van der Waals surface area contributed by atoms with Gasteiger partial charge in [-0.1, -0.05) is 19.2 Å². The molecule has 0 amide bonds. The Labute approximate surface area is 130 Å². The Hall–Kier alpha value is -2.44. The molecule has 0 aliphatic heterocycles. The van der Waals surface area contributed by atoms with E-state index in [9.17, 15) is 15.2 Å². The first-order chi connectivity index (χ1) is 10.3. The van der Waals surface area contributed by atoms with E-state index >= 15 is 0 Å². The Kier molecular flexibility index (Phi) is 4.16. The number of rotatable bonds is 3. The minimum atomic E-state index is -0.320. The van der Waals surface area contributed by atoms with Gasteiger partial charge in [0.05, 0.1) is 6.61 Å². The molecule has 3 heteroatoms. The van der Waals surface area contributed by atoms with Gasteiger partial charge in [-0.25, -0.2) is 0 Å². The third-order valence-corrected chi connectivity index (χ3v) is 4.19. The normalized spacial score (nSPS) is 15.3. The first-order valence-corrected chi connectivity index (χ1v) is 7.09.